The van der Waals surface area contributed by atoms with Gasteiger partial charge in [-0.1, -0.05) is 54.6 Å². The van der Waals surface area contributed by atoms with Crippen molar-refractivity contribution in [1.82, 2.24) is 13.9 Å². The van der Waals surface area contributed by atoms with Gasteiger partial charge in [0.15, 0.2) is 0 Å². The summed E-state index contributed by atoms with van der Waals surface area (Å²) in [6.07, 6.45) is 0. The zero-order valence-electron chi connectivity index (χ0n) is 19.2. The predicted octanol–water partition coefficient (Wildman–Crippen LogP) is 3.99. The van der Waals surface area contributed by atoms with E-state index in [9.17, 15) is 8.42 Å². The number of para-hydroxylation sites is 3. The summed E-state index contributed by atoms with van der Waals surface area (Å²) >= 11 is 0. The Morgan fingerprint density at radius 1 is 0.853 bits per heavy atom. The van der Waals surface area contributed by atoms with E-state index in [1.807, 2.05) is 43.3 Å². The lowest BCUT2D eigenvalue weighted by Crippen LogP contribution is -2.49. The zero-order chi connectivity index (χ0) is 23.5. The van der Waals surface area contributed by atoms with Crippen LogP contribution in [0.15, 0.2) is 83.8 Å². The van der Waals surface area contributed by atoms with Crippen molar-refractivity contribution in [2.24, 2.45) is 0 Å². The number of piperazine rings is 1. The van der Waals surface area contributed by atoms with E-state index < -0.39 is 10.0 Å². The van der Waals surface area contributed by atoms with Gasteiger partial charge < -0.3 is 14.2 Å². The second kappa shape index (κ2) is 9.48. The number of fused-ring (bicyclic) bond motifs is 1. The van der Waals surface area contributed by atoms with Gasteiger partial charge in [0.1, 0.15) is 10.6 Å². The monoisotopic (exact) mass is 476 g/mol. The van der Waals surface area contributed by atoms with Gasteiger partial charge in [-0.15, -0.1) is 0 Å². The van der Waals surface area contributed by atoms with E-state index in [4.69, 9.17) is 9.72 Å². The van der Waals surface area contributed by atoms with E-state index >= 15 is 0 Å². The van der Waals surface area contributed by atoms with Crippen LogP contribution in [0.25, 0.3) is 11.0 Å². The fraction of sp³-hybridized carbons (Fsp3) is 0.269. The molecular formula is C26H28N4O3S. The SMILES string of the molecule is CCOc1ccccc1S(=O)(=O)N1CCN(c2nc3ccccc3n2Cc2ccccc2)CC1. The third-order valence-electron chi connectivity index (χ3n) is 6.11. The third-order valence-corrected chi connectivity index (χ3v) is 8.04. The summed E-state index contributed by atoms with van der Waals surface area (Å²) in [7, 11) is -3.65. The number of hydrogen-bond acceptors (Lipinski definition) is 5. The van der Waals surface area contributed by atoms with Crippen LogP contribution in [-0.2, 0) is 16.6 Å². The van der Waals surface area contributed by atoms with E-state index in [-0.39, 0.29) is 4.90 Å². The number of hydrogen-bond donors (Lipinski definition) is 0. The predicted molar refractivity (Wildman–Crippen MR) is 134 cm³/mol. The van der Waals surface area contributed by atoms with Gasteiger partial charge >= 0.3 is 0 Å². The number of sulfonamides is 1. The average Bonchev–Trinajstić information content (AvgIpc) is 3.23. The number of aromatic nitrogens is 2. The van der Waals surface area contributed by atoms with Crippen molar-refractivity contribution in [3.05, 3.63) is 84.4 Å². The summed E-state index contributed by atoms with van der Waals surface area (Å²) in [6.45, 7) is 4.87. The topological polar surface area (TPSA) is 67.7 Å². The second-order valence-corrected chi connectivity index (χ2v) is 10.1. The minimum Gasteiger partial charge on any atom is -0.492 e. The molecule has 34 heavy (non-hydrogen) atoms. The molecule has 2 heterocycles. The van der Waals surface area contributed by atoms with Crippen LogP contribution in [0, 0.1) is 0 Å². The highest BCUT2D eigenvalue weighted by molar-refractivity contribution is 7.89. The van der Waals surface area contributed by atoms with E-state index in [0.29, 0.717) is 45.1 Å². The van der Waals surface area contributed by atoms with Gasteiger partial charge in [0.2, 0.25) is 16.0 Å². The highest BCUT2D eigenvalue weighted by Crippen LogP contribution is 2.29. The molecule has 0 aliphatic carbocycles. The van der Waals surface area contributed by atoms with Crippen LogP contribution in [0.5, 0.6) is 5.75 Å². The molecule has 176 valence electrons. The van der Waals surface area contributed by atoms with Crippen LogP contribution in [0.4, 0.5) is 5.95 Å². The Kier molecular flexibility index (Phi) is 6.26. The van der Waals surface area contributed by atoms with Gasteiger partial charge in [0.25, 0.3) is 0 Å². The molecule has 3 aromatic carbocycles. The number of rotatable bonds is 7. The number of benzene rings is 3. The fourth-order valence-electron chi connectivity index (χ4n) is 4.43. The number of nitrogens with zero attached hydrogens (tertiary/aromatic N) is 4. The summed E-state index contributed by atoms with van der Waals surface area (Å²) < 4.78 is 36.1. The maximum absolute atomic E-state index is 13.4. The van der Waals surface area contributed by atoms with Crippen LogP contribution in [0.3, 0.4) is 0 Å². The Morgan fingerprint density at radius 2 is 1.53 bits per heavy atom. The first kappa shape index (κ1) is 22.4. The van der Waals surface area contributed by atoms with Crippen LogP contribution in [-0.4, -0.2) is 55.1 Å². The molecule has 0 spiro atoms. The number of ether oxygens (including phenoxy) is 1. The molecule has 4 aromatic rings. The summed E-state index contributed by atoms with van der Waals surface area (Å²) in [5.41, 5.74) is 3.21. The molecule has 1 fully saturated rings. The van der Waals surface area contributed by atoms with Crippen molar-refractivity contribution in [1.29, 1.82) is 0 Å². The molecule has 0 unspecified atom stereocenters. The van der Waals surface area contributed by atoms with Gasteiger partial charge in [-0.25, -0.2) is 13.4 Å². The molecule has 0 amide bonds. The largest absolute Gasteiger partial charge is 0.492 e. The van der Waals surface area contributed by atoms with Gasteiger partial charge in [0.05, 0.1) is 24.2 Å². The Morgan fingerprint density at radius 3 is 2.29 bits per heavy atom. The van der Waals surface area contributed by atoms with E-state index in [1.165, 1.54) is 5.56 Å². The number of anilines is 1. The molecule has 0 saturated carbocycles. The minimum atomic E-state index is -3.65. The molecule has 5 rings (SSSR count). The normalized spacial score (nSPS) is 15.0. The summed E-state index contributed by atoms with van der Waals surface area (Å²) in [5.74, 6) is 1.27. The maximum atomic E-state index is 13.4. The molecule has 0 bridgehead atoms. The molecule has 0 N–H and O–H groups in total. The molecule has 1 aromatic heterocycles. The van der Waals surface area contributed by atoms with Gasteiger partial charge in [-0.3, -0.25) is 0 Å². The molecule has 7 nitrogen and oxygen atoms in total. The van der Waals surface area contributed by atoms with E-state index in [0.717, 1.165) is 17.0 Å². The van der Waals surface area contributed by atoms with Crippen LogP contribution >= 0.6 is 0 Å². The minimum absolute atomic E-state index is 0.224. The summed E-state index contributed by atoms with van der Waals surface area (Å²) in [5, 5.41) is 0. The van der Waals surface area contributed by atoms with Crippen molar-refractivity contribution in [3.63, 3.8) is 0 Å². The molecule has 8 heteroatoms. The molecule has 0 radical (unpaired) electrons. The van der Waals surface area contributed by atoms with E-state index in [2.05, 4.69) is 27.7 Å². The van der Waals surface area contributed by atoms with Crippen molar-refractivity contribution in [2.45, 2.75) is 18.4 Å². The third kappa shape index (κ3) is 4.26. The van der Waals surface area contributed by atoms with Crippen LogP contribution in [0.1, 0.15) is 12.5 Å². The molecule has 1 aliphatic heterocycles. The van der Waals surface area contributed by atoms with Gasteiger partial charge in [-0.05, 0) is 36.8 Å². The molecule has 0 atom stereocenters. The Hall–Kier alpha value is -3.36. The van der Waals surface area contributed by atoms with Crippen LogP contribution in [0.2, 0.25) is 0 Å². The van der Waals surface area contributed by atoms with Crippen LogP contribution < -0.4 is 9.64 Å². The van der Waals surface area contributed by atoms with Gasteiger partial charge in [0, 0.05) is 26.2 Å². The average molecular weight is 477 g/mol. The quantitative estimate of drug-likeness (QED) is 0.403. The zero-order valence-corrected chi connectivity index (χ0v) is 20.0. The summed E-state index contributed by atoms with van der Waals surface area (Å²) in [4.78, 5) is 7.32. The first-order valence-electron chi connectivity index (χ1n) is 11.5. The van der Waals surface area contributed by atoms with Gasteiger partial charge in [-0.2, -0.15) is 4.31 Å². The first-order chi connectivity index (χ1) is 16.6. The van der Waals surface area contributed by atoms with E-state index in [1.54, 1.807) is 28.6 Å². The lowest BCUT2D eigenvalue weighted by Gasteiger charge is -2.35. The Balaban J connectivity index is 1.40. The Labute approximate surface area is 200 Å². The molecular weight excluding hydrogens is 448 g/mol. The summed E-state index contributed by atoms with van der Waals surface area (Å²) in [6, 6.07) is 25.3. The first-order valence-corrected chi connectivity index (χ1v) is 13.0. The van der Waals surface area contributed by atoms with Crippen molar-refractivity contribution in [2.75, 3.05) is 37.7 Å². The smallest absolute Gasteiger partial charge is 0.246 e. The molecule has 1 aliphatic rings. The highest BCUT2D eigenvalue weighted by atomic mass is 32.2. The Bertz CT molecular complexity index is 1380. The van der Waals surface area contributed by atoms with Crippen molar-refractivity contribution in [3.8, 4) is 5.75 Å². The fourth-order valence-corrected chi connectivity index (χ4v) is 5.99. The van der Waals surface area contributed by atoms with Crippen molar-refractivity contribution < 1.29 is 13.2 Å². The maximum Gasteiger partial charge on any atom is 0.246 e. The second-order valence-electron chi connectivity index (χ2n) is 8.24. The number of imidazole rings is 1. The lowest BCUT2D eigenvalue weighted by atomic mass is 10.2. The highest BCUT2D eigenvalue weighted by Gasteiger charge is 2.32. The standard InChI is InChI=1S/C26H28N4O3S/c1-2-33-24-14-8-9-15-25(24)34(31,32)29-18-16-28(17-19-29)26-27-22-12-6-7-13-23(22)30(26)20-21-10-4-3-5-11-21/h3-15H,2,16-20H2,1H3. The molecule has 1 saturated heterocycles. The lowest BCUT2D eigenvalue weighted by molar-refractivity contribution is 0.327. The van der Waals surface area contributed by atoms with Crippen molar-refractivity contribution >= 4 is 27.0 Å².